The molecule has 4 nitrogen and oxygen atoms in total. The highest BCUT2D eigenvalue weighted by atomic mass is 16.5. The first-order valence-corrected chi connectivity index (χ1v) is 7.22. The van der Waals surface area contributed by atoms with Crippen molar-refractivity contribution in [3.8, 4) is 11.5 Å². The third-order valence-electron chi connectivity index (χ3n) is 3.87. The maximum absolute atomic E-state index is 5.90. The van der Waals surface area contributed by atoms with Crippen LogP contribution in [0.1, 0.15) is 16.8 Å². The van der Waals surface area contributed by atoms with Gasteiger partial charge in [0.15, 0.2) is 11.5 Å². The Bertz CT molecular complexity index is 611. The summed E-state index contributed by atoms with van der Waals surface area (Å²) in [6.07, 6.45) is 3.77. The highest BCUT2D eigenvalue weighted by molar-refractivity contribution is 5.47. The van der Waals surface area contributed by atoms with E-state index in [1.54, 1.807) is 7.11 Å². The van der Waals surface area contributed by atoms with Gasteiger partial charge in [-0.05, 0) is 36.1 Å². The van der Waals surface area contributed by atoms with E-state index in [9.17, 15) is 0 Å². The summed E-state index contributed by atoms with van der Waals surface area (Å²) < 4.78 is 11.2. The predicted molar refractivity (Wildman–Crippen MR) is 81.5 cm³/mol. The van der Waals surface area contributed by atoms with Crippen LogP contribution in [0.2, 0.25) is 0 Å². The zero-order chi connectivity index (χ0) is 14.7. The average Bonchev–Trinajstić information content (AvgIpc) is 2.54. The lowest BCUT2D eigenvalue weighted by molar-refractivity contribution is 0.210. The molecule has 1 unspecified atom stereocenters. The van der Waals surface area contributed by atoms with Crippen LogP contribution < -0.4 is 15.2 Å². The van der Waals surface area contributed by atoms with E-state index in [0.29, 0.717) is 19.1 Å². The number of aromatic nitrogens is 1. The number of fused-ring (bicyclic) bond motifs is 1. The normalized spacial score (nSPS) is 17.0. The Kier molecular flexibility index (Phi) is 4.06. The van der Waals surface area contributed by atoms with Crippen molar-refractivity contribution in [3.05, 3.63) is 53.3 Å². The van der Waals surface area contributed by atoms with Gasteiger partial charge in [-0.1, -0.05) is 18.2 Å². The molecule has 1 aromatic heterocycles. The van der Waals surface area contributed by atoms with Crippen LogP contribution >= 0.6 is 0 Å². The van der Waals surface area contributed by atoms with Crippen LogP contribution in [0.4, 0.5) is 0 Å². The number of hydrogen-bond acceptors (Lipinski definition) is 4. The van der Waals surface area contributed by atoms with Gasteiger partial charge >= 0.3 is 0 Å². The second-order valence-corrected chi connectivity index (χ2v) is 5.40. The van der Waals surface area contributed by atoms with E-state index in [2.05, 4.69) is 17.1 Å². The van der Waals surface area contributed by atoms with Crippen molar-refractivity contribution in [1.82, 2.24) is 4.98 Å². The maximum Gasteiger partial charge on any atom is 0.164 e. The summed E-state index contributed by atoms with van der Waals surface area (Å²) in [6, 6.07) is 10.2. The molecule has 1 aliphatic rings. The monoisotopic (exact) mass is 284 g/mol. The van der Waals surface area contributed by atoms with E-state index in [1.807, 2.05) is 24.4 Å². The first kappa shape index (κ1) is 13.9. The Morgan fingerprint density at radius 2 is 2.24 bits per heavy atom. The Labute approximate surface area is 124 Å². The molecule has 4 heteroatoms. The molecule has 3 rings (SSSR count). The molecule has 0 radical (unpaired) electrons. The van der Waals surface area contributed by atoms with Crippen molar-refractivity contribution in [1.29, 1.82) is 0 Å². The van der Waals surface area contributed by atoms with Crippen molar-refractivity contribution in [2.45, 2.75) is 19.4 Å². The number of ether oxygens (including phenoxy) is 2. The van der Waals surface area contributed by atoms with Gasteiger partial charge in [0.05, 0.1) is 13.7 Å². The van der Waals surface area contributed by atoms with Gasteiger partial charge in [-0.15, -0.1) is 0 Å². The lowest BCUT2D eigenvalue weighted by Gasteiger charge is -2.26. The highest BCUT2D eigenvalue weighted by Crippen LogP contribution is 2.36. The standard InChI is InChI=1S/C17H20N2O2/c1-20-16-4-2-3-14-7-13(11-21-17(14)16)8-15-6-5-12(9-18)10-19-15/h2-6,10,13H,7-9,11,18H2,1H3. The minimum Gasteiger partial charge on any atom is -0.493 e. The van der Waals surface area contributed by atoms with Gasteiger partial charge in [0.1, 0.15) is 0 Å². The molecule has 0 amide bonds. The van der Waals surface area contributed by atoms with E-state index >= 15 is 0 Å². The van der Waals surface area contributed by atoms with Gasteiger partial charge < -0.3 is 15.2 Å². The lowest BCUT2D eigenvalue weighted by Crippen LogP contribution is -2.23. The molecule has 0 spiro atoms. The molecule has 110 valence electrons. The summed E-state index contributed by atoms with van der Waals surface area (Å²) in [6.45, 7) is 1.24. The largest absolute Gasteiger partial charge is 0.493 e. The minimum absolute atomic E-state index is 0.445. The molecular formula is C17H20N2O2. The van der Waals surface area contributed by atoms with E-state index in [4.69, 9.17) is 15.2 Å². The number of hydrogen-bond donors (Lipinski definition) is 1. The molecular weight excluding hydrogens is 264 g/mol. The average molecular weight is 284 g/mol. The van der Waals surface area contributed by atoms with Gasteiger partial charge in [0.25, 0.3) is 0 Å². The molecule has 1 atom stereocenters. The Hall–Kier alpha value is -2.07. The van der Waals surface area contributed by atoms with Gasteiger partial charge in [-0.25, -0.2) is 0 Å². The second kappa shape index (κ2) is 6.14. The molecule has 2 heterocycles. The summed E-state index contributed by atoms with van der Waals surface area (Å²) in [7, 11) is 1.67. The molecule has 0 saturated carbocycles. The zero-order valence-electron chi connectivity index (χ0n) is 12.2. The predicted octanol–water partition coefficient (Wildman–Crippen LogP) is 2.34. The third kappa shape index (κ3) is 3.00. The Balaban J connectivity index is 1.71. The van der Waals surface area contributed by atoms with Gasteiger partial charge in [0, 0.05) is 24.4 Å². The summed E-state index contributed by atoms with van der Waals surface area (Å²) in [5.41, 5.74) is 8.96. The smallest absolute Gasteiger partial charge is 0.164 e. The van der Waals surface area contributed by atoms with Crippen LogP contribution in [-0.4, -0.2) is 18.7 Å². The lowest BCUT2D eigenvalue weighted by atomic mass is 9.92. The highest BCUT2D eigenvalue weighted by Gasteiger charge is 2.23. The molecule has 0 aliphatic carbocycles. The quantitative estimate of drug-likeness (QED) is 0.936. The van der Waals surface area contributed by atoms with E-state index in [-0.39, 0.29) is 0 Å². The molecule has 0 bridgehead atoms. The molecule has 0 saturated heterocycles. The van der Waals surface area contributed by atoms with Crippen molar-refractivity contribution >= 4 is 0 Å². The van der Waals surface area contributed by atoms with Crippen LogP contribution in [0, 0.1) is 5.92 Å². The van der Waals surface area contributed by atoms with Crippen LogP contribution in [0.25, 0.3) is 0 Å². The van der Waals surface area contributed by atoms with Crippen LogP contribution in [0.3, 0.4) is 0 Å². The number of para-hydroxylation sites is 1. The summed E-state index contributed by atoms with van der Waals surface area (Å²) in [5, 5.41) is 0. The van der Waals surface area contributed by atoms with Gasteiger partial charge in [0.2, 0.25) is 0 Å². The van der Waals surface area contributed by atoms with Crippen molar-refractivity contribution in [2.75, 3.05) is 13.7 Å². The van der Waals surface area contributed by atoms with E-state index in [0.717, 1.165) is 35.6 Å². The molecule has 2 aromatic rings. The van der Waals surface area contributed by atoms with Crippen LogP contribution in [0.5, 0.6) is 11.5 Å². The van der Waals surface area contributed by atoms with Crippen LogP contribution in [0.15, 0.2) is 36.5 Å². The second-order valence-electron chi connectivity index (χ2n) is 5.40. The maximum atomic E-state index is 5.90. The molecule has 21 heavy (non-hydrogen) atoms. The number of pyridine rings is 1. The van der Waals surface area contributed by atoms with Crippen LogP contribution in [-0.2, 0) is 19.4 Å². The fourth-order valence-electron chi connectivity index (χ4n) is 2.74. The molecule has 1 aromatic carbocycles. The Morgan fingerprint density at radius 1 is 1.33 bits per heavy atom. The number of nitrogens with two attached hydrogens (primary N) is 1. The fourth-order valence-corrected chi connectivity index (χ4v) is 2.74. The first-order valence-electron chi connectivity index (χ1n) is 7.22. The van der Waals surface area contributed by atoms with Gasteiger partial charge in [-0.3, -0.25) is 4.98 Å². The summed E-state index contributed by atoms with van der Waals surface area (Å²) in [5.74, 6) is 2.15. The topological polar surface area (TPSA) is 57.4 Å². The fraction of sp³-hybridized carbons (Fsp3) is 0.353. The van der Waals surface area contributed by atoms with Crippen molar-refractivity contribution < 1.29 is 9.47 Å². The molecule has 0 fully saturated rings. The summed E-state index contributed by atoms with van der Waals surface area (Å²) in [4.78, 5) is 4.47. The minimum atomic E-state index is 0.445. The zero-order valence-corrected chi connectivity index (χ0v) is 12.2. The van der Waals surface area contributed by atoms with Crippen molar-refractivity contribution in [3.63, 3.8) is 0 Å². The SMILES string of the molecule is COc1cccc2c1OCC(Cc1ccc(CN)cn1)C2. The molecule has 1 aliphatic heterocycles. The first-order chi connectivity index (χ1) is 10.3. The van der Waals surface area contributed by atoms with Crippen molar-refractivity contribution in [2.24, 2.45) is 11.7 Å². The van der Waals surface area contributed by atoms with Gasteiger partial charge in [-0.2, -0.15) is 0 Å². The number of rotatable bonds is 4. The molecule has 2 N–H and O–H groups in total. The number of nitrogens with zero attached hydrogens (tertiary/aromatic N) is 1. The number of benzene rings is 1. The van der Waals surface area contributed by atoms with E-state index < -0.39 is 0 Å². The third-order valence-corrected chi connectivity index (χ3v) is 3.87. The Morgan fingerprint density at radius 3 is 2.95 bits per heavy atom. The van der Waals surface area contributed by atoms with E-state index in [1.165, 1.54) is 5.56 Å². The number of methoxy groups -OCH3 is 1. The summed E-state index contributed by atoms with van der Waals surface area (Å²) >= 11 is 0.